The summed E-state index contributed by atoms with van der Waals surface area (Å²) in [6.45, 7) is 3.72. The van der Waals surface area contributed by atoms with Gasteiger partial charge >= 0.3 is 0 Å². The van der Waals surface area contributed by atoms with Crippen LogP contribution in [0.15, 0.2) is 36.0 Å². The topological polar surface area (TPSA) is 88.9 Å². The summed E-state index contributed by atoms with van der Waals surface area (Å²) in [5, 5.41) is 2.94. The van der Waals surface area contributed by atoms with Crippen LogP contribution in [0.5, 0.6) is 0 Å². The standard InChI is InChI=1S/C16H14ClN5O2S/c1-9-7-12(10(2)22(9)16-18-5-6-25-16)15(24)21-20-14(23)11-3-4-13(17)19-8-11/h3-8H,1-2H3,(H,20,23)(H,21,24). The molecule has 7 nitrogen and oxygen atoms in total. The van der Waals surface area contributed by atoms with Crippen LogP contribution in [0.1, 0.15) is 32.1 Å². The summed E-state index contributed by atoms with van der Waals surface area (Å²) >= 11 is 7.16. The van der Waals surface area contributed by atoms with Gasteiger partial charge in [-0.2, -0.15) is 0 Å². The third-order valence-electron chi connectivity index (χ3n) is 3.57. The third-order valence-corrected chi connectivity index (χ3v) is 4.55. The van der Waals surface area contributed by atoms with Crippen LogP contribution in [-0.4, -0.2) is 26.3 Å². The van der Waals surface area contributed by atoms with Crippen LogP contribution in [0.2, 0.25) is 5.15 Å². The summed E-state index contributed by atoms with van der Waals surface area (Å²) in [6.07, 6.45) is 3.04. The molecule has 0 bridgehead atoms. The van der Waals surface area contributed by atoms with E-state index in [0.29, 0.717) is 5.56 Å². The van der Waals surface area contributed by atoms with Crippen molar-refractivity contribution in [1.29, 1.82) is 0 Å². The zero-order valence-corrected chi connectivity index (χ0v) is 15.0. The molecular formula is C16H14ClN5O2S. The summed E-state index contributed by atoms with van der Waals surface area (Å²) in [5.41, 5.74) is 7.15. The number of rotatable bonds is 3. The number of aromatic nitrogens is 3. The van der Waals surface area contributed by atoms with Crippen molar-refractivity contribution in [1.82, 2.24) is 25.4 Å². The number of nitrogens with zero attached hydrogens (tertiary/aromatic N) is 3. The summed E-state index contributed by atoms with van der Waals surface area (Å²) in [6, 6.07) is 4.77. The van der Waals surface area contributed by atoms with Gasteiger partial charge in [-0.05, 0) is 32.0 Å². The maximum absolute atomic E-state index is 12.4. The third kappa shape index (κ3) is 3.54. The molecule has 0 radical (unpaired) electrons. The lowest BCUT2D eigenvalue weighted by Gasteiger charge is -2.08. The van der Waals surface area contributed by atoms with Gasteiger partial charge in [0.05, 0.1) is 11.1 Å². The van der Waals surface area contributed by atoms with Gasteiger partial charge in [-0.15, -0.1) is 11.3 Å². The highest BCUT2D eigenvalue weighted by molar-refractivity contribution is 7.12. The lowest BCUT2D eigenvalue weighted by Crippen LogP contribution is -2.41. The molecule has 0 aliphatic carbocycles. The molecule has 2 amide bonds. The second-order valence-electron chi connectivity index (χ2n) is 5.21. The molecule has 3 aromatic heterocycles. The van der Waals surface area contributed by atoms with Crippen molar-refractivity contribution in [2.24, 2.45) is 0 Å². The Hall–Kier alpha value is -2.71. The molecule has 0 unspecified atom stereocenters. The van der Waals surface area contributed by atoms with Gasteiger partial charge in [0.1, 0.15) is 5.15 Å². The lowest BCUT2D eigenvalue weighted by atomic mass is 10.2. The summed E-state index contributed by atoms with van der Waals surface area (Å²) < 4.78 is 1.89. The first kappa shape index (κ1) is 17.1. The fraction of sp³-hybridized carbons (Fsp3) is 0.125. The van der Waals surface area contributed by atoms with Crippen molar-refractivity contribution < 1.29 is 9.59 Å². The minimum Gasteiger partial charge on any atom is -0.294 e. The molecule has 9 heteroatoms. The predicted molar refractivity (Wildman–Crippen MR) is 95.1 cm³/mol. The van der Waals surface area contributed by atoms with Crippen LogP contribution in [0.3, 0.4) is 0 Å². The number of thiazole rings is 1. The van der Waals surface area contributed by atoms with Gasteiger partial charge in [-0.25, -0.2) is 9.97 Å². The first-order chi connectivity index (χ1) is 12.0. The van der Waals surface area contributed by atoms with E-state index in [-0.39, 0.29) is 10.7 Å². The Balaban J connectivity index is 1.73. The highest BCUT2D eigenvalue weighted by Gasteiger charge is 2.18. The fourth-order valence-electron chi connectivity index (χ4n) is 2.38. The molecule has 3 aromatic rings. The number of aryl methyl sites for hydroxylation is 1. The van der Waals surface area contributed by atoms with Gasteiger partial charge in [0, 0.05) is 29.2 Å². The number of nitrogens with one attached hydrogen (secondary N) is 2. The molecule has 3 rings (SSSR count). The minimum absolute atomic E-state index is 0.287. The molecule has 3 heterocycles. The first-order valence-electron chi connectivity index (χ1n) is 7.28. The van der Waals surface area contributed by atoms with Gasteiger partial charge < -0.3 is 0 Å². The van der Waals surface area contributed by atoms with E-state index in [2.05, 4.69) is 20.8 Å². The van der Waals surface area contributed by atoms with Crippen molar-refractivity contribution >= 4 is 34.8 Å². The van der Waals surface area contributed by atoms with E-state index in [9.17, 15) is 9.59 Å². The lowest BCUT2D eigenvalue weighted by molar-refractivity contribution is 0.0846. The molecule has 128 valence electrons. The molecule has 25 heavy (non-hydrogen) atoms. The van der Waals surface area contributed by atoms with Crippen molar-refractivity contribution in [2.75, 3.05) is 0 Å². The second-order valence-corrected chi connectivity index (χ2v) is 6.47. The number of hydrazine groups is 1. The van der Waals surface area contributed by atoms with Crippen molar-refractivity contribution in [3.63, 3.8) is 0 Å². The normalized spacial score (nSPS) is 10.5. The number of hydrogen-bond acceptors (Lipinski definition) is 5. The van der Waals surface area contributed by atoms with Crippen LogP contribution < -0.4 is 10.9 Å². The van der Waals surface area contributed by atoms with Crippen molar-refractivity contribution in [2.45, 2.75) is 13.8 Å². The Kier molecular flexibility index (Phi) is 4.82. The van der Waals surface area contributed by atoms with Crippen molar-refractivity contribution in [3.05, 3.63) is 63.6 Å². The molecule has 0 aliphatic rings. The molecule has 0 spiro atoms. The van der Waals surface area contributed by atoms with Gasteiger partial charge in [0.25, 0.3) is 11.8 Å². The van der Waals surface area contributed by atoms with Gasteiger partial charge in [-0.3, -0.25) is 25.0 Å². The first-order valence-corrected chi connectivity index (χ1v) is 8.54. The van der Waals surface area contributed by atoms with Crippen LogP contribution in [0, 0.1) is 13.8 Å². The monoisotopic (exact) mass is 375 g/mol. The van der Waals surface area contributed by atoms with E-state index in [1.165, 1.54) is 29.7 Å². The molecule has 0 saturated heterocycles. The Morgan fingerprint density at radius 2 is 1.92 bits per heavy atom. The largest absolute Gasteiger partial charge is 0.294 e. The highest BCUT2D eigenvalue weighted by Crippen LogP contribution is 2.22. The summed E-state index contributed by atoms with van der Waals surface area (Å²) in [5.74, 6) is -0.891. The molecule has 0 fully saturated rings. The van der Waals surface area contributed by atoms with E-state index in [1.807, 2.05) is 23.8 Å². The molecule has 0 atom stereocenters. The number of pyridine rings is 1. The zero-order chi connectivity index (χ0) is 18.0. The second kappa shape index (κ2) is 7.04. The van der Waals surface area contributed by atoms with Crippen LogP contribution >= 0.6 is 22.9 Å². The van der Waals surface area contributed by atoms with E-state index in [4.69, 9.17) is 11.6 Å². The Labute approximate surface area is 152 Å². The molecule has 0 aromatic carbocycles. The quantitative estimate of drug-likeness (QED) is 0.544. The van der Waals surface area contributed by atoms with E-state index >= 15 is 0 Å². The van der Waals surface area contributed by atoms with Gasteiger partial charge in [0.2, 0.25) is 0 Å². The highest BCUT2D eigenvalue weighted by atomic mass is 35.5. The minimum atomic E-state index is -0.480. The smallest absolute Gasteiger partial charge is 0.271 e. The van der Waals surface area contributed by atoms with Crippen LogP contribution in [-0.2, 0) is 0 Å². The average Bonchev–Trinajstić information content (AvgIpc) is 3.21. The summed E-state index contributed by atoms with van der Waals surface area (Å²) in [4.78, 5) is 32.5. The average molecular weight is 376 g/mol. The zero-order valence-electron chi connectivity index (χ0n) is 13.4. The maximum atomic E-state index is 12.4. The number of amides is 2. The number of carbonyl (C=O) groups excluding carboxylic acids is 2. The van der Waals surface area contributed by atoms with E-state index in [0.717, 1.165) is 16.5 Å². The maximum Gasteiger partial charge on any atom is 0.271 e. The van der Waals surface area contributed by atoms with Gasteiger partial charge in [-0.1, -0.05) is 11.6 Å². The van der Waals surface area contributed by atoms with Gasteiger partial charge in [0.15, 0.2) is 5.13 Å². The number of carbonyl (C=O) groups is 2. The number of halogens is 1. The van der Waals surface area contributed by atoms with Crippen LogP contribution in [0.4, 0.5) is 0 Å². The van der Waals surface area contributed by atoms with Crippen molar-refractivity contribution in [3.8, 4) is 5.13 Å². The molecule has 0 saturated carbocycles. The van der Waals surface area contributed by atoms with Crippen LogP contribution in [0.25, 0.3) is 5.13 Å². The Morgan fingerprint density at radius 3 is 2.56 bits per heavy atom. The van der Waals surface area contributed by atoms with E-state index < -0.39 is 11.8 Å². The fourth-order valence-corrected chi connectivity index (χ4v) is 3.24. The Bertz CT molecular complexity index is 919. The van der Waals surface area contributed by atoms with E-state index in [1.54, 1.807) is 12.3 Å². The SMILES string of the molecule is Cc1cc(C(=O)NNC(=O)c2ccc(Cl)nc2)c(C)n1-c1nccs1. The molecule has 0 aliphatic heterocycles. The number of hydrogen-bond donors (Lipinski definition) is 2. The molecular weight excluding hydrogens is 362 g/mol. The Morgan fingerprint density at radius 1 is 1.16 bits per heavy atom. The molecule has 2 N–H and O–H groups in total. The predicted octanol–water partition coefficient (Wildman–Crippen LogP) is 2.67. The summed E-state index contributed by atoms with van der Waals surface area (Å²) in [7, 11) is 0.